The van der Waals surface area contributed by atoms with E-state index in [4.69, 9.17) is 14.9 Å². The first kappa shape index (κ1) is 115. The second kappa shape index (κ2) is 74.0. The number of ether oxygens (including phenoxy) is 1. The van der Waals surface area contributed by atoms with Crippen LogP contribution in [0.15, 0.2) is 267 Å². The number of rotatable bonds is 44. The average Bonchev–Trinajstić information content (AvgIpc) is 1.50. The summed E-state index contributed by atoms with van der Waals surface area (Å²) >= 11 is 0. The summed E-state index contributed by atoms with van der Waals surface area (Å²) in [5.74, 6) is 3.17. The van der Waals surface area contributed by atoms with Crippen molar-refractivity contribution in [2.24, 2.45) is 0 Å². The molecule has 0 spiro atoms. The van der Waals surface area contributed by atoms with Crippen molar-refractivity contribution >= 4 is 0 Å². The van der Waals surface area contributed by atoms with Crippen molar-refractivity contribution in [3.8, 4) is 51.7 Å². The Morgan fingerprint density at radius 2 is 0.518 bits per heavy atom. The molecule has 28 heteroatoms. The summed E-state index contributed by atoms with van der Waals surface area (Å²) in [6.07, 6.45) is 13.1. The number of hydrogen-bond acceptors (Lipinski definition) is 28. The fourth-order valence-corrected chi connectivity index (χ4v) is 14.1. The van der Waals surface area contributed by atoms with Crippen molar-refractivity contribution in [3.05, 3.63) is 329 Å². The van der Waals surface area contributed by atoms with Crippen molar-refractivity contribution in [3.63, 3.8) is 0 Å². The maximum atomic E-state index is 9.61. The molecule has 28 nitrogen and oxygen atoms in total. The minimum absolute atomic E-state index is 0.119. The Morgan fingerprint density at radius 1 is 0.255 bits per heavy atom. The number of phenols is 9. The SMILES string of the molecule is CN(C)CCCNCc1ccccc1O.CN(C)CCNCc1ccccc1O.OCCCNCc1ccccc1O.OCCNCc1ccccc1O.Oc1ccccc1CNCCN1CCCC1.Oc1ccccc1CNCCN1CCCCC1.Oc1ccccc1CNCCN1CCOCC1.Oc1ccccc1CNCCc1ccccn1.Oc1ccccc1CNCc1ccccn1. The third-order valence-electron chi connectivity index (χ3n) is 22.1. The number of pyridine rings is 2. The summed E-state index contributed by atoms with van der Waals surface area (Å²) in [5.41, 5.74) is 10.5. The predicted molar refractivity (Wildman–Crippen MR) is 553 cm³/mol. The van der Waals surface area contributed by atoms with Gasteiger partial charge in [0.2, 0.25) is 0 Å². The lowest BCUT2D eigenvalue weighted by atomic mass is 10.1. The topological polar surface area (TPSA) is 382 Å². The van der Waals surface area contributed by atoms with Crippen LogP contribution >= 0.6 is 0 Å². The lowest BCUT2D eigenvalue weighted by Crippen LogP contribution is -2.40. The molecule has 11 aromatic rings. The van der Waals surface area contributed by atoms with E-state index in [2.05, 4.69) is 96.4 Å². The third-order valence-corrected chi connectivity index (χ3v) is 22.1. The molecular formula is C109H158N16O12. The number of nitrogens with zero attached hydrogens (tertiary/aromatic N) is 7. The van der Waals surface area contributed by atoms with Gasteiger partial charge in [-0.05, 0) is 191 Å². The molecule has 3 aliphatic rings. The summed E-state index contributed by atoms with van der Waals surface area (Å²) < 4.78 is 5.30. The van der Waals surface area contributed by atoms with Crippen LogP contribution in [0.1, 0.15) is 106 Å². The quantitative estimate of drug-likeness (QED) is 0.0158. The number of hydrogen-bond donors (Lipinski definition) is 20. The zero-order valence-corrected chi connectivity index (χ0v) is 81.4. The van der Waals surface area contributed by atoms with Crippen LogP contribution in [0.3, 0.4) is 0 Å². The Kier molecular flexibility index (Phi) is 61.8. The molecule has 0 atom stereocenters. The Labute approximate surface area is 814 Å². The fraction of sp³-hybridized carbons (Fsp3) is 0.413. The van der Waals surface area contributed by atoms with Gasteiger partial charge in [0.25, 0.3) is 0 Å². The second-order valence-electron chi connectivity index (χ2n) is 33.7. The zero-order valence-electron chi connectivity index (χ0n) is 81.4. The van der Waals surface area contributed by atoms with Gasteiger partial charge in [-0.25, -0.2) is 0 Å². The largest absolute Gasteiger partial charge is 0.508 e. The molecule has 14 rings (SSSR count). The number of aromatic nitrogens is 2. The highest BCUT2D eigenvalue weighted by molar-refractivity contribution is 5.38. The molecule has 0 radical (unpaired) electrons. The zero-order chi connectivity index (χ0) is 98.0. The van der Waals surface area contributed by atoms with E-state index in [1.54, 1.807) is 79.1 Å². The van der Waals surface area contributed by atoms with Crippen molar-refractivity contribution in [1.29, 1.82) is 0 Å². The molecule has 3 aliphatic heterocycles. The highest BCUT2D eigenvalue weighted by atomic mass is 16.5. The number of para-hydroxylation sites is 9. The van der Waals surface area contributed by atoms with Gasteiger partial charge in [0.15, 0.2) is 0 Å². The van der Waals surface area contributed by atoms with Gasteiger partial charge in [0.1, 0.15) is 51.7 Å². The Balaban J connectivity index is 0.000000237. The number of morpholine rings is 1. The summed E-state index contributed by atoms with van der Waals surface area (Å²) in [7, 11) is 8.23. The van der Waals surface area contributed by atoms with Crippen molar-refractivity contribution in [1.82, 2.24) is 82.3 Å². The van der Waals surface area contributed by atoms with E-state index in [0.29, 0.717) is 91.0 Å². The van der Waals surface area contributed by atoms with Gasteiger partial charge in [0.05, 0.1) is 25.5 Å². The molecule has 0 aliphatic carbocycles. The van der Waals surface area contributed by atoms with Crippen molar-refractivity contribution in [2.75, 3.05) is 179 Å². The number of piperidine rings is 1. The molecule has 0 amide bonds. The van der Waals surface area contributed by atoms with Crippen LogP contribution in [0.2, 0.25) is 0 Å². The van der Waals surface area contributed by atoms with E-state index in [1.165, 1.54) is 58.3 Å². The molecule has 0 saturated carbocycles. The van der Waals surface area contributed by atoms with Crippen LogP contribution in [0.4, 0.5) is 0 Å². The summed E-state index contributed by atoms with van der Waals surface area (Å²) in [5, 5.41) is 132. The van der Waals surface area contributed by atoms with Gasteiger partial charge in [-0.2, -0.15) is 0 Å². The van der Waals surface area contributed by atoms with Gasteiger partial charge in [0, 0.05) is 225 Å². The van der Waals surface area contributed by atoms with Gasteiger partial charge in [-0.15, -0.1) is 0 Å². The summed E-state index contributed by atoms with van der Waals surface area (Å²) in [4.78, 5) is 20.1. The van der Waals surface area contributed by atoms with E-state index in [9.17, 15) is 46.0 Å². The number of nitrogens with one attached hydrogen (secondary N) is 9. The number of benzene rings is 9. The Bertz CT molecular complexity index is 4760. The summed E-state index contributed by atoms with van der Waals surface area (Å²) in [6.45, 7) is 28.4. The number of phenolic OH excluding ortho intramolecular Hbond substituents is 9. The first-order chi connectivity index (χ1) is 66.9. The van der Waals surface area contributed by atoms with Gasteiger partial charge >= 0.3 is 0 Å². The maximum absolute atomic E-state index is 9.61. The number of aromatic hydroxyl groups is 9. The first-order valence-corrected chi connectivity index (χ1v) is 48.2. The first-order valence-electron chi connectivity index (χ1n) is 48.2. The van der Waals surface area contributed by atoms with Gasteiger partial charge in [-0.1, -0.05) is 182 Å². The van der Waals surface area contributed by atoms with Gasteiger partial charge < -0.3 is 128 Å². The smallest absolute Gasteiger partial charge is 0.120 e. The van der Waals surface area contributed by atoms with E-state index in [-0.39, 0.29) is 13.2 Å². The lowest BCUT2D eigenvalue weighted by molar-refractivity contribution is 0.0384. The minimum atomic E-state index is 0.119. The van der Waals surface area contributed by atoms with Crippen LogP contribution in [0, 0.1) is 0 Å². The maximum Gasteiger partial charge on any atom is 0.120 e. The number of likely N-dealkylation sites (tertiary alicyclic amines) is 2. The third kappa shape index (κ3) is 53.9. The molecule has 2 aromatic heterocycles. The van der Waals surface area contributed by atoms with Crippen LogP contribution < -0.4 is 47.9 Å². The van der Waals surface area contributed by atoms with Gasteiger partial charge in [-0.3, -0.25) is 14.9 Å². The molecule has 3 fully saturated rings. The number of aliphatic hydroxyl groups is 2. The van der Waals surface area contributed by atoms with Crippen LogP contribution in [-0.2, 0) is 76.6 Å². The van der Waals surface area contributed by atoms with E-state index in [1.807, 2.05) is 202 Å². The highest BCUT2D eigenvalue weighted by Gasteiger charge is 2.14. The Morgan fingerprint density at radius 3 is 0.818 bits per heavy atom. The highest BCUT2D eigenvalue weighted by Crippen LogP contribution is 2.23. The second-order valence-corrected chi connectivity index (χ2v) is 33.7. The minimum Gasteiger partial charge on any atom is -0.508 e. The molecule has 746 valence electrons. The molecule has 0 unspecified atom stereocenters. The van der Waals surface area contributed by atoms with Crippen molar-refractivity contribution in [2.45, 2.75) is 117 Å². The molecule has 20 N–H and O–H groups in total. The van der Waals surface area contributed by atoms with Crippen molar-refractivity contribution < 1.29 is 60.9 Å². The summed E-state index contributed by atoms with van der Waals surface area (Å²) in [6, 6.07) is 78.1. The van der Waals surface area contributed by atoms with Crippen LogP contribution in [-0.4, -0.2) is 270 Å². The molecule has 3 saturated heterocycles. The average molecular weight is 1880 g/mol. The standard InChI is InChI=1S/C14H22N2O.C14H16N2O.C13H20N2O2.C13H14N2O.C13H20N2O.C12H20N2O.C11H18N2O.C10H15NO2.C9H13NO2/c17-14-7-3-2-6-13(14)12-15-8-11-16-9-4-1-5-10-16;17-14-7-2-1-5-12(14)11-15-10-8-13-6-3-4-9-16-13;16-13-4-2-1-3-12(13)11-14-5-6-15-7-9-17-10-8-15;16-13-7-2-1-5-11(13)9-14-10-12-6-3-4-8-15-12;16-13-6-2-1-5-12(13)11-14-7-10-15-8-3-4-9-15;1-14(2)9-5-8-13-10-11-6-3-4-7-12(11)15;1-13(2)8-7-12-9-10-5-3-4-6-11(10)14;12-7-3-6-11-8-9-4-1-2-5-10(9)13;11-6-5-10-7-8-3-1-2-4-9(8)12/h2-3,6-7,15,17H,1,4-5,8-12H2;1-7,9,15,17H,8,10-11H2;1-4,14,16H,5-11H2;1-8,14,16H,9-10H2;1-2,5-6,14,16H,3-4,7-11H2;3-4,6-7,13,15H,5,8-10H2,1-2H3;3-6,12,14H,7-9H2,1-2H3;1-2,4-5,11-13H,3,6-8H2;1-4,10-12H,5-7H2. The molecule has 0 bridgehead atoms. The lowest BCUT2D eigenvalue weighted by Gasteiger charge is -2.26. The molecule has 5 heterocycles. The number of aliphatic hydroxyl groups excluding tert-OH is 2. The van der Waals surface area contributed by atoms with E-state index < -0.39 is 0 Å². The molecule has 137 heavy (non-hydrogen) atoms. The van der Waals surface area contributed by atoms with Crippen LogP contribution in [0.5, 0.6) is 51.7 Å². The number of likely N-dealkylation sites (N-methyl/N-ethyl adjacent to an activating group) is 1. The van der Waals surface area contributed by atoms with E-state index in [0.717, 1.165) is 218 Å². The monoisotopic (exact) mass is 1880 g/mol. The molecular weight excluding hydrogens is 1730 g/mol. The van der Waals surface area contributed by atoms with Crippen LogP contribution in [0.25, 0.3) is 0 Å². The fourth-order valence-electron chi connectivity index (χ4n) is 14.1. The normalized spacial score (nSPS) is 12.8. The predicted octanol–water partition coefficient (Wildman–Crippen LogP) is 12.4. The van der Waals surface area contributed by atoms with E-state index >= 15 is 0 Å². The Hall–Kier alpha value is -11.2. The molecule has 9 aromatic carbocycles.